The molecule has 0 radical (unpaired) electrons. The maximum atomic E-state index is 13.3. The summed E-state index contributed by atoms with van der Waals surface area (Å²) in [5, 5.41) is 120. The summed E-state index contributed by atoms with van der Waals surface area (Å²) in [6.07, 6.45) is 34.6. The number of unbranched alkanes of at least 4 members (excludes halogenated alkanes) is 20. The Bertz CT molecular complexity index is 1890. The molecule has 3 fully saturated rings. The lowest BCUT2D eigenvalue weighted by Gasteiger charge is -2.48. The summed E-state index contributed by atoms with van der Waals surface area (Å²) < 4.78 is 34.2. The monoisotopic (exact) mass is 1220 g/mol. The van der Waals surface area contributed by atoms with E-state index in [0.717, 1.165) is 70.6 Å². The van der Waals surface area contributed by atoms with Crippen LogP contribution in [0.15, 0.2) is 85.1 Å². The molecule has 19 nitrogen and oxygen atoms in total. The molecule has 0 spiro atoms. The number of hydrogen-bond acceptors (Lipinski definition) is 18. The maximum absolute atomic E-state index is 13.3. The van der Waals surface area contributed by atoms with Crippen molar-refractivity contribution in [3.05, 3.63) is 85.1 Å². The Morgan fingerprint density at radius 1 is 0.419 bits per heavy atom. The summed E-state index contributed by atoms with van der Waals surface area (Å²) in [6.45, 7) is 1.44. The fourth-order valence-corrected chi connectivity index (χ4v) is 10.6. The second kappa shape index (κ2) is 48.8. The van der Waals surface area contributed by atoms with Gasteiger partial charge in [-0.05, 0) is 77.0 Å². The summed E-state index contributed by atoms with van der Waals surface area (Å²) in [6, 6.07) is -0.997. The molecule has 0 aromatic rings. The molecule has 19 heteroatoms. The molecule has 0 aromatic heterocycles. The van der Waals surface area contributed by atoms with Crippen molar-refractivity contribution < 1.29 is 89.4 Å². The standard InChI is InChI=1S/C67H115NO18/c1-3-5-7-9-11-13-15-16-17-18-19-20-21-22-23-24-25-26-27-28-29-30-31-32-33-34-35-37-39-41-43-45-55(73)68-50(51(72)44-42-40-38-36-14-12-10-8-6-4-2)49-81-65-61(79)58(76)63(53(47-70)83-65)86-67-62(80)59(77)64(54(48-71)84-67)85-66-60(78)57(75)56(74)52(46-69)82-66/h5-8,11,13-14,16-17,19-20,36,42,44,50-54,56-67,69-72,74-80H,3-4,9-10,12,15,18,21-35,37-41,43,45-49H2,1-2H3,(H,68,73)/b7-5-,8-6+,13-11-,17-16-,20-19-,36-14+,44-42+. The fourth-order valence-electron chi connectivity index (χ4n) is 10.6. The number of rotatable bonds is 48. The van der Waals surface area contributed by atoms with Gasteiger partial charge >= 0.3 is 0 Å². The maximum Gasteiger partial charge on any atom is 0.220 e. The molecule has 17 unspecified atom stereocenters. The number of nitrogens with one attached hydrogen (secondary N) is 1. The normalized spacial score (nSPS) is 29.3. The van der Waals surface area contributed by atoms with E-state index in [9.17, 15) is 61.0 Å². The predicted molar refractivity (Wildman–Crippen MR) is 332 cm³/mol. The minimum absolute atomic E-state index is 0.229. The van der Waals surface area contributed by atoms with E-state index in [1.54, 1.807) is 6.08 Å². The molecular weight excluding hydrogens is 1110 g/mol. The van der Waals surface area contributed by atoms with E-state index in [-0.39, 0.29) is 18.9 Å². The summed E-state index contributed by atoms with van der Waals surface area (Å²) in [4.78, 5) is 13.3. The first-order valence-corrected chi connectivity index (χ1v) is 32.8. The Labute approximate surface area is 514 Å². The highest BCUT2D eigenvalue weighted by Crippen LogP contribution is 2.33. The van der Waals surface area contributed by atoms with Crippen molar-refractivity contribution in [2.45, 2.75) is 304 Å². The molecule has 0 saturated carbocycles. The van der Waals surface area contributed by atoms with Gasteiger partial charge in [0.25, 0.3) is 0 Å². The zero-order valence-corrected chi connectivity index (χ0v) is 52.0. The number of allylic oxidation sites excluding steroid dienone is 13. The minimum Gasteiger partial charge on any atom is -0.394 e. The Kier molecular flexibility index (Phi) is 43.8. The molecule has 86 heavy (non-hydrogen) atoms. The van der Waals surface area contributed by atoms with Crippen molar-refractivity contribution in [1.29, 1.82) is 0 Å². The van der Waals surface area contributed by atoms with E-state index in [0.29, 0.717) is 12.8 Å². The van der Waals surface area contributed by atoms with Crippen molar-refractivity contribution in [2.75, 3.05) is 26.4 Å². The van der Waals surface area contributed by atoms with Gasteiger partial charge in [0.2, 0.25) is 5.91 Å². The molecule has 0 aliphatic carbocycles. The molecule has 3 aliphatic rings. The molecule has 0 bridgehead atoms. The summed E-state index contributed by atoms with van der Waals surface area (Å²) in [5.41, 5.74) is 0. The summed E-state index contributed by atoms with van der Waals surface area (Å²) >= 11 is 0. The second-order valence-electron chi connectivity index (χ2n) is 23.1. The number of ether oxygens (including phenoxy) is 6. The van der Waals surface area contributed by atoms with Crippen LogP contribution in [0.1, 0.15) is 200 Å². The van der Waals surface area contributed by atoms with Gasteiger partial charge in [0.05, 0.1) is 38.6 Å². The molecular formula is C67H115NO18. The van der Waals surface area contributed by atoms with E-state index in [1.807, 2.05) is 6.08 Å². The predicted octanol–water partition coefficient (Wildman–Crippen LogP) is 7.54. The molecule has 17 atom stereocenters. The van der Waals surface area contributed by atoms with Crippen LogP contribution >= 0.6 is 0 Å². The van der Waals surface area contributed by atoms with Gasteiger partial charge in [-0.15, -0.1) is 0 Å². The highest BCUT2D eigenvalue weighted by molar-refractivity contribution is 5.76. The Balaban J connectivity index is 1.36. The third-order valence-corrected chi connectivity index (χ3v) is 15.9. The first kappa shape index (κ1) is 77.2. The number of amides is 1. The van der Waals surface area contributed by atoms with Gasteiger partial charge in [0, 0.05) is 6.42 Å². The lowest BCUT2D eigenvalue weighted by molar-refractivity contribution is -0.379. The van der Waals surface area contributed by atoms with E-state index in [1.165, 1.54) is 96.3 Å². The van der Waals surface area contributed by atoms with Crippen molar-refractivity contribution in [3.63, 3.8) is 0 Å². The van der Waals surface area contributed by atoms with Crippen molar-refractivity contribution in [3.8, 4) is 0 Å². The average molecular weight is 1220 g/mol. The van der Waals surface area contributed by atoms with E-state index in [2.05, 4.69) is 92.1 Å². The molecule has 0 aromatic carbocycles. The Hall–Kier alpha value is -3.03. The van der Waals surface area contributed by atoms with Gasteiger partial charge < -0.3 is 89.9 Å². The van der Waals surface area contributed by atoms with E-state index < -0.39 is 124 Å². The third-order valence-electron chi connectivity index (χ3n) is 15.9. The number of carbonyl (C=O) groups is 1. The Morgan fingerprint density at radius 3 is 1.26 bits per heavy atom. The van der Waals surface area contributed by atoms with Crippen LogP contribution in [-0.4, -0.2) is 193 Å². The highest BCUT2D eigenvalue weighted by atomic mass is 16.8. The van der Waals surface area contributed by atoms with Crippen LogP contribution in [0.5, 0.6) is 0 Å². The number of aliphatic hydroxyl groups excluding tert-OH is 11. The lowest BCUT2D eigenvalue weighted by Crippen LogP contribution is -2.66. The zero-order valence-electron chi connectivity index (χ0n) is 52.0. The third kappa shape index (κ3) is 31.1. The van der Waals surface area contributed by atoms with Crippen molar-refractivity contribution in [1.82, 2.24) is 5.32 Å². The molecule has 3 heterocycles. The van der Waals surface area contributed by atoms with Gasteiger partial charge in [0.1, 0.15) is 73.2 Å². The topological polar surface area (TPSA) is 307 Å². The van der Waals surface area contributed by atoms with Crippen LogP contribution in [0, 0.1) is 0 Å². The molecule has 12 N–H and O–H groups in total. The van der Waals surface area contributed by atoms with Crippen LogP contribution in [0.2, 0.25) is 0 Å². The number of carbonyl (C=O) groups excluding carboxylic acids is 1. The molecule has 1 amide bonds. The summed E-state index contributed by atoms with van der Waals surface area (Å²) in [5.74, 6) is -0.294. The molecule has 3 rings (SSSR count). The number of hydrogen-bond donors (Lipinski definition) is 12. The van der Waals surface area contributed by atoms with Crippen molar-refractivity contribution in [2.24, 2.45) is 0 Å². The first-order chi connectivity index (χ1) is 41.8. The molecule has 3 aliphatic heterocycles. The number of aliphatic hydroxyl groups is 11. The van der Waals surface area contributed by atoms with Gasteiger partial charge in [-0.25, -0.2) is 0 Å². The Morgan fingerprint density at radius 2 is 0.779 bits per heavy atom. The highest BCUT2D eigenvalue weighted by Gasteiger charge is 2.53. The van der Waals surface area contributed by atoms with E-state index >= 15 is 0 Å². The molecule has 3 saturated heterocycles. The van der Waals surface area contributed by atoms with Crippen LogP contribution < -0.4 is 5.32 Å². The SMILES string of the molecule is CC/C=C\C/C=C\C/C=C\C/C=C\CCCCCCCCCCCCCCCCCCCCC(=O)NC(COC1OC(CO)C(OC2OC(CO)C(OC3OC(CO)C(O)C(O)C3O)C(O)C2O)C(O)C1O)C(O)/C=C/CC/C=C/CC/C=C/CC. The van der Waals surface area contributed by atoms with Gasteiger partial charge in [-0.3, -0.25) is 4.79 Å². The fraction of sp³-hybridized carbons (Fsp3) is 0.776. The smallest absolute Gasteiger partial charge is 0.220 e. The van der Waals surface area contributed by atoms with Gasteiger partial charge in [0.15, 0.2) is 18.9 Å². The van der Waals surface area contributed by atoms with Crippen molar-refractivity contribution >= 4 is 5.91 Å². The summed E-state index contributed by atoms with van der Waals surface area (Å²) in [7, 11) is 0. The molecule has 496 valence electrons. The zero-order chi connectivity index (χ0) is 62.6. The quantitative estimate of drug-likeness (QED) is 0.0207. The van der Waals surface area contributed by atoms with Gasteiger partial charge in [-0.1, -0.05) is 202 Å². The minimum atomic E-state index is -1.98. The van der Waals surface area contributed by atoms with Gasteiger partial charge in [-0.2, -0.15) is 0 Å². The lowest BCUT2D eigenvalue weighted by atomic mass is 9.96. The first-order valence-electron chi connectivity index (χ1n) is 32.8. The largest absolute Gasteiger partial charge is 0.394 e. The second-order valence-corrected chi connectivity index (χ2v) is 23.1. The van der Waals surface area contributed by atoms with Crippen LogP contribution in [0.4, 0.5) is 0 Å². The average Bonchev–Trinajstić information content (AvgIpc) is 1.89. The van der Waals surface area contributed by atoms with Crippen LogP contribution in [0.25, 0.3) is 0 Å². The van der Waals surface area contributed by atoms with Crippen LogP contribution in [-0.2, 0) is 33.2 Å². The van der Waals surface area contributed by atoms with E-state index in [4.69, 9.17) is 28.4 Å². The van der Waals surface area contributed by atoms with Crippen LogP contribution in [0.3, 0.4) is 0 Å².